The van der Waals surface area contributed by atoms with Crippen LogP contribution >= 0.6 is 0 Å². The monoisotopic (exact) mass is 261 g/mol. The third-order valence-corrected chi connectivity index (χ3v) is 4.30. The van der Waals surface area contributed by atoms with Crippen molar-refractivity contribution < 1.29 is 9.59 Å². The Bertz CT molecular complexity index is 535. The fourth-order valence-electron chi connectivity index (χ4n) is 3.14. The van der Waals surface area contributed by atoms with E-state index in [-0.39, 0.29) is 23.8 Å². The summed E-state index contributed by atoms with van der Waals surface area (Å²) >= 11 is 0. The van der Waals surface area contributed by atoms with E-state index in [2.05, 4.69) is 35.9 Å². The van der Waals surface area contributed by atoms with Crippen LogP contribution in [-0.2, 0) is 16.1 Å². The summed E-state index contributed by atoms with van der Waals surface area (Å²) in [5.74, 6) is -0.0873. The van der Waals surface area contributed by atoms with Gasteiger partial charge < -0.3 is 14.8 Å². The Labute approximate surface area is 112 Å². The van der Waals surface area contributed by atoms with Gasteiger partial charge in [0.15, 0.2) is 0 Å². The molecule has 1 fully saturated rings. The zero-order valence-corrected chi connectivity index (χ0v) is 11.3. The maximum absolute atomic E-state index is 12.5. The van der Waals surface area contributed by atoms with E-state index >= 15 is 0 Å². The van der Waals surface area contributed by atoms with Gasteiger partial charge in [0.2, 0.25) is 11.8 Å². The summed E-state index contributed by atoms with van der Waals surface area (Å²) < 4.78 is 2.27. The molecule has 2 unspecified atom stereocenters. The summed E-state index contributed by atoms with van der Waals surface area (Å²) in [5, 5.41) is 2.74. The van der Waals surface area contributed by atoms with E-state index in [0.29, 0.717) is 13.0 Å². The van der Waals surface area contributed by atoms with Crippen molar-refractivity contribution in [1.29, 1.82) is 0 Å². The predicted molar refractivity (Wildman–Crippen MR) is 70.4 cm³/mol. The van der Waals surface area contributed by atoms with Gasteiger partial charge in [0, 0.05) is 37.4 Å². The standard InChI is InChI=1S/C14H19N3O2/c1-9-3-4-12-10(2)17(6-5-16(9)12)14(19)11-7-13(18)15-8-11/h3-4,10-11H,5-8H2,1-2H3,(H,15,18). The Morgan fingerprint density at radius 2 is 2.16 bits per heavy atom. The van der Waals surface area contributed by atoms with E-state index in [4.69, 9.17) is 0 Å². The van der Waals surface area contributed by atoms with Crippen LogP contribution < -0.4 is 5.32 Å². The molecule has 2 aliphatic heterocycles. The third-order valence-electron chi connectivity index (χ3n) is 4.30. The fraction of sp³-hybridized carbons (Fsp3) is 0.571. The zero-order chi connectivity index (χ0) is 13.6. The van der Waals surface area contributed by atoms with Gasteiger partial charge in [-0.05, 0) is 26.0 Å². The lowest BCUT2D eigenvalue weighted by molar-refractivity contribution is -0.139. The average molecular weight is 261 g/mol. The molecule has 1 aromatic rings. The van der Waals surface area contributed by atoms with Gasteiger partial charge in [-0.15, -0.1) is 0 Å². The molecule has 2 aliphatic rings. The molecule has 0 bridgehead atoms. The number of hydrogen-bond acceptors (Lipinski definition) is 2. The van der Waals surface area contributed by atoms with Crippen molar-refractivity contribution in [3.63, 3.8) is 0 Å². The number of aromatic nitrogens is 1. The highest BCUT2D eigenvalue weighted by Gasteiger charge is 2.35. The lowest BCUT2D eigenvalue weighted by Crippen LogP contribution is -2.44. The minimum Gasteiger partial charge on any atom is -0.355 e. The molecular formula is C14H19N3O2. The first-order chi connectivity index (χ1) is 9.08. The number of nitrogens with zero attached hydrogens (tertiary/aromatic N) is 2. The molecule has 102 valence electrons. The second-order valence-corrected chi connectivity index (χ2v) is 5.46. The van der Waals surface area contributed by atoms with Crippen molar-refractivity contribution in [1.82, 2.24) is 14.8 Å². The molecule has 2 amide bonds. The van der Waals surface area contributed by atoms with Crippen LogP contribution in [0.4, 0.5) is 0 Å². The molecule has 1 saturated heterocycles. The van der Waals surface area contributed by atoms with Gasteiger partial charge in [-0.25, -0.2) is 0 Å². The van der Waals surface area contributed by atoms with Crippen molar-refractivity contribution in [2.24, 2.45) is 5.92 Å². The van der Waals surface area contributed by atoms with Crippen LogP contribution in [-0.4, -0.2) is 34.4 Å². The highest BCUT2D eigenvalue weighted by Crippen LogP contribution is 2.29. The number of nitrogens with one attached hydrogen (secondary N) is 1. The molecular weight excluding hydrogens is 242 g/mol. The van der Waals surface area contributed by atoms with Crippen molar-refractivity contribution in [2.75, 3.05) is 13.1 Å². The highest BCUT2D eigenvalue weighted by atomic mass is 16.2. The summed E-state index contributed by atoms with van der Waals surface area (Å²) in [6.07, 6.45) is 0.335. The van der Waals surface area contributed by atoms with Gasteiger partial charge in [-0.3, -0.25) is 9.59 Å². The molecule has 1 N–H and O–H groups in total. The first kappa shape index (κ1) is 12.3. The lowest BCUT2D eigenvalue weighted by atomic mass is 10.0. The zero-order valence-electron chi connectivity index (χ0n) is 11.3. The van der Waals surface area contributed by atoms with E-state index in [1.165, 1.54) is 11.4 Å². The number of carbonyl (C=O) groups excluding carboxylic acids is 2. The fourth-order valence-corrected chi connectivity index (χ4v) is 3.14. The normalized spacial score (nSPS) is 26.2. The SMILES string of the molecule is Cc1ccc2n1CCN(C(=O)C1CNC(=O)C1)C2C. The molecule has 3 rings (SSSR count). The lowest BCUT2D eigenvalue weighted by Gasteiger charge is -2.36. The quantitative estimate of drug-likeness (QED) is 0.814. The van der Waals surface area contributed by atoms with Crippen LogP contribution in [0.3, 0.4) is 0 Å². The van der Waals surface area contributed by atoms with Gasteiger partial charge in [0.1, 0.15) is 0 Å². The second-order valence-electron chi connectivity index (χ2n) is 5.46. The number of rotatable bonds is 1. The number of fused-ring (bicyclic) bond motifs is 1. The summed E-state index contributed by atoms with van der Waals surface area (Å²) in [7, 11) is 0. The third kappa shape index (κ3) is 1.93. The number of amides is 2. The van der Waals surface area contributed by atoms with Crippen LogP contribution in [0.5, 0.6) is 0 Å². The predicted octanol–water partition coefficient (Wildman–Crippen LogP) is 0.836. The molecule has 19 heavy (non-hydrogen) atoms. The van der Waals surface area contributed by atoms with Gasteiger partial charge in [0.25, 0.3) is 0 Å². The van der Waals surface area contributed by atoms with Crippen LogP contribution in [0.15, 0.2) is 12.1 Å². The Balaban J connectivity index is 1.80. The average Bonchev–Trinajstić information content (AvgIpc) is 2.97. The minimum atomic E-state index is -0.183. The Kier molecular flexibility index (Phi) is 2.84. The Morgan fingerprint density at radius 3 is 2.84 bits per heavy atom. The van der Waals surface area contributed by atoms with Crippen LogP contribution in [0, 0.1) is 12.8 Å². The summed E-state index contributed by atoms with van der Waals surface area (Å²) in [4.78, 5) is 25.7. The number of aryl methyl sites for hydroxylation is 1. The Morgan fingerprint density at radius 1 is 1.37 bits per heavy atom. The molecule has 0 aromatic carbocycles. The van der Waals surface area contributed by atoms with Crippen molar-refractivity contribution >= 4 is 11.8 Å². The first-order valence-corrected chi connectivity index (χ1v) is 6.81. The van der Waals surface area contributed by atoms with Crippen LogP contribution in [0.25, 0.3) is 0 Å². The van der Waals surface area contributed by atoms with E-state index in [9.17, 15) is 9.59 Å². The summed E-state index contributed by atoms with van der Waals surface area (Å²) in [6, 6.07) is 4.28. The minimum absolute atomic E-state index is 0.0118. The maximum Gasteiger partial charge on any atom is 0.228 e. The smallest absolute Gasteiger partial charge is 0.228 e. The second kappa shape index (κ2) is 4.40. The van der Waals surface area contributed by atoms with Crippen LogP contribution in [0.2, 0.25) is 0 Å². The molecule has 0 aliphatic carbocycles. The highest BCUT2D eigenvalue weighted by molar-refractivity contribution is 5.89. The van der Waals surface area contributed by atoms with Gasteiger partial charge in [0.05, 0.1) is 12.0 Å². The Hall–Kier alpha value is -1.78. The molecule has 2 atom stereocenters. The molecule has 5 nitrogen and oxygen atoms in total. The van der Waals surface area contributed by atoms with Gasteiger partial charge >= 0.3 is 0 Å². The van der Waals surface area contributed by atoms with E-state index in [1.807, 2.05) is 4.90 Å². The molecule has 0 radical (unpaired) electrons. The number of hydrogen-bond donors (Lipinski definition) is 1. The molecule has 5 heteroatoms. The molecule has 0 spiro atoms. The van der Waals surface area contributed by atoms with E-state index < -0.39 is 0 Å². The maximum atomic E-state index is 12.5. The topological polar surface area (TPSA) is 54.3 Å². The van der Waals surface area contributed by atoms with Crippen molar-refractivity contribution in [3.8, 4) is 0 Å². The summed E-state index contributed by atoms with van der Waals surface area (Å²) in [5.41, 5.74) is 2.43. The van der Waals surface area contributed by atoms with E-state index in [0.717, 1.165) is 13.1 Å². The van der Waals surface area contributed by atoms with Gasteiger partial charge in [-0.2, -0.15) is 0 Å². The molecule has 3 heterocycles. The summed E-state index contributed by atoms with van der Waals surface area (Å²) in [6.45, 7) is 6.21. The first-order valence-electron chi connectivity index (χ1n) is 6.81. The number of carbonyl (C=O) groups is 2. The molecule has 0 saturated carbocycles. The van der Waals surface area contributed by atoms with Crippen molar-refractivity contribution in [3.05, 3.63) is 23.5 Å². The van der Waals surface area contributed by atoms with Crippen LogP contribution in [0.1, 0.15) is 30.8 Å². The van der Waals surface area contributed by atoms with Crippen molar-refractivity contribution in [2.45, 2.75) is 32.9 Å². The largest absolute Gasteiger partial charge is 0.355 e. The van der Waals surface area contributed by atoms with Gasteiger partial charge in [-0.1, -0.05) is 0 Å². The van der Waals surface area contributed by atoms with E-state index in [1.54, 1.807) is 0 Å². The molecule has 1 aromatic heterocycles.